The Morgan fingerprint density at radius 2 is 1.88 bits per heavy atom. The van der Waals surface area contributed by atoms with Crippen molar-refractivity contribution >= 4 is 18.6 Å². The molecule has 7 heteroatoms. The first-order valence-corrected chi connectivity index (χ1v) is 7.81. The SMILES string of the molecule is COC(=O)c1cc(B2OC(C)(C)C(C)(C)O2)ccc1-n1ccnc1. The lowest BCUT2D eigenvalue weighted by molar-refractivity contribution is 0.00578. The largest absolute Gasteiger partial charge is 0.494 e. The van der Waals surface area contributed by atoms with Gasteiger partial charge in [-0.2, -0.15) is 0 Å². The first-order chi connectivity index (χ1) is 11.2. The summed E-state index contributed by atoms with van der Waals surface area (Å²) in [6.45, 7) is 7.98. The quantitative estimate of drug-likeness (QED) is 0.637. The van der Waals surface area contributed by atoms with Crippen LogP contribution in [-0.2, 0) is 14.0 Å². The molecule has 0 atom stereocenters. The van der Waals surface area contributed by atoms with E-state index in [9.17, 15) is 4.79 Å². The molecular weight excluding hydrogens is 307 g/mol. The number of carbonyl (C=O) groups is 1. The van der Waals surface area contributed by atoms with Crippen molar-refractivity contribution in [2.75, 3.05) is 7.11 Å². The number of benzene rings is 1. The molecule has 0 N–H and O–H groups in total. The highest BCUT2D eigenvalue weighted by atomic mass is 16.7. The van der Waals surface area contributed by atoms with E-state index >= 15 is 0 Å². The zero-order chi connectivity index (χ0) is 17.5. The Morgan fingerprint density at radius 1 is 1.21 bits per heavy atom. The lowest BCUT2D eigenvalue weighted by Crippen LogP contribution is -2.41. The number of esters is 1. The Bertz CT molecular complexity index is 740. The summed E-state index contributed by atoms with van der Waals surface area (Å²) in [5.41, 5.74) is 1.03. The zero-order valence-corrected chi connectivity index (χ0v) is 14.6. The molecular formula is C17H21BN2O4. The van der Waals surface area contributed by atoms with Gasteiger partial charge in [-0.05, 0) is 45.3 Å². The van der Waals surface area contributed by atoms with E-state index in [1.165, 1.54) is 7.11 Å². The fraction of sp³-hybridized carbons (Fsp3) is 0.412. The van der Waals surface area contributed by atoms with Crippen LogP contribution in [-0.4, -0.2) is 41.0 Å². The molecule has 1 aromatic heterocycles. The number of methoxy groups -OCH3 is 1. The number of aromatic nitrogens is 2. The maximum Gasteiger partial charge on any atom is 0.494 e. The molecule has 6 nitrogen and oxygen atoms in total. The summed E-state index contributed by atoms with van der Waals surface area (Å²) in [5, 5.41) is 0. The molecule has 0 spiro atoms. The van der Waals surface area contributed by atoms with Gasteiger partial charge in [0.2, 0.25) is 0 Å². The van der Waals surface area contributed by atoms with Crippen LogP contribution in [0.25, 0.3) is 5.69 Å². The Balaban J connectivity index is 2.01. The monoisotopic (exact) mass is 328 g/mol. The third kappa shape index (κ3) is 2.74. The number of rotatable bonds is 3. The predicted octanol–water partition coefficient (Wildman–Crippen LogP) is 1.96. The van der Waals surface area contributed by atoms with E-state index in [-0.39, 0.29) is 0 Å². The smallest absolute Gasteiger partial charge is 0.465 e. The Kier molecular flexibility index (Phi) is 4.01. The summed E-state index contributed by atoms with van der Waals surface area (Å²) in [6.07, 6.45) is 5.07. The van der Waals surface area contributed by atoms with Crippen LogP contribution in [0.1, 0.15) is 38.1 Å². The second-order valence-corrected chi connectivity index (χ2v) is 6.83. The van der Waals surface area contributed by atoms with Crippen molar-refractivity contribution in [1.82, 2.24) is 9.55 Å². The Labute approximate surface area is 141 Å². The molecule has 3 rings (SSSR count). The van der Waals surface area contributed by atoms with E-state index in [0.29, 0.717) is 11.3 Å². The minimum Gasteiger partial charge on any atom is -0.465 e. The molecule has 0 aliphatic carbocycles. The summed E-state index contributed by atoms with van der Waals surface area (Å²) in [4.78, 5) is 16.2. The average Bonchev–Trinajstić information content (AvgIpc) is 3.13. The van der Waals surface area contributed by atoms with Crippen molar-refractivity contribution in [2.45, 2.75) is 38.9 Å². The van der Waals surface area contributed by atoms with Crippen molar-refractivity contribution in [2.24, 2.45) is 0 Å². The number of hydrogen-bond acceptors (Lipinski definition) is 5. The first kappa shape index (κ1) is 16.7. The summed E-state index contributed by atoms with van der Waals surface area (Å²) >= 11 is 0. The van der Waals surface area contributed by atoms with Gasteiger partial charge in [0.1, 0.15) is 0 Å². The van der Waals surface area contributed by atoms with Crippen molar-refractivity contribution in [3.05, 3.63) is 42.5 Å². The maximum absolute atomic E-state index is 12.2. The van der Waals surface area contributed by atoms with Gasteiger partial charge in [-0.15, -0.1) is 0 Å². The van der Waals surface area contributed by atoms with Gasteiger partial charge >= 0.3 is 13.1 Å². The molecule has 24 heavy (non-hydrogen) atoms. The predicted molar refractivity (Wildman–Crippen MR) is 90.6 cm³/mol. The van der Waals surface area contributed by atoms with Gasteiger partial charge in [0.25, 0.3) is 0 Å². The first-order valence-electron chi connectivity index (χ1n) is 7.81. The molecule has 0 saturated carbocycles. The second-order valence-electron chi connectivity index (χ2n) is 6.83. The summed E-state index contributed by atoms with van der Waals surface area (Å²) in [7, 11) is 0.830. The van der Waals surface area contributed by atoms with Crippen LogP contribution in [0.4, 0.5) is 0 Å². The van der Waals surface area contributed by atoms with E-state index in [0.717, 1.165) is 5.46 Å². The van der Waals surface area contributed by atoms with E-state index in [1.54, 1.807) is 29.4 Å². The van der Waals surface area contributed by atoms with Crippen LogP contribution >= 0.6 is 0 Å². The third-order valence-corrected chi connectivity index (χ3v) is 4.73. The van der Waals surface area contributed by atoms with Crippen LogP contribution in [0.15, 0.2) is 36.9 Å². The normalized spacial score (nSPS) is 18.6. The molecule has 0 radical (unpaired) electrons. The van der Waals surface area contributed by atoms with Crippen LogP contribution < -0.4 is 5.46 Å². The summed E-state index contributed by atoms with van der Waals surface area (Å²) < 4.78 is 18.8. The van der Waals surface area contributed by atoms with Crippen LogP contribution in [0, 0.1) is 0 Å². The molecule has 1 saturated heterocycles. The van der Waals surface area contributed by atoms with Gasteiger partial charge in [-0.1, -0.05) is 6.07 Å². The van der Waals surface area contributed by atoms with E-state index in [4.69, 9.17) is 14.0 Å². The molecule has 0 bridgehead atoms. The van der Waals surface area contributed by atoms with Gasteiger partial charge in [0.15, 0.2) is 0 Å². The van der Waals surface area contributed by atoms with E-state index < -0.39 is 24.3 Å². The Morgan fingerprint density at radius 3 is 2.42 bits per heavy atom. The van der Waals surface area contributed by atoms with Gasteiger partial charge in [-0.3, -0.25) is 0 Å². The van der Waals surface area contributed by atoms with Crippen molar-refractivity contribution < 1.29 is 18.8 Å². The minimum absolute atomic E-state index is 0.419. The highest BCUT2D eigenvalue weighted by Crippen LogP contribution is 2.36. The fourth-order valence-corrected chi connectivity index (χ4v) is 2.58. The highest BCUT2D eigenvalue weighted by molar-refractivity contribution is 6.62. The molecule has 1 aliphatic rings. The number of hydrogen-bond donors (Lipinski definition) is 0. The van der Waals surface area contributed by atoms with Crippen molar-refractivity contribution in [3.8, 4) is 5.69 Å². The number of imidazole rings is 1. The molecule has 0 amide bonds. The zero-order valence-electron chi connectivity index (χ0n) is 14.6. The number of carbonyl (C=O) groups excluding carboxylic acids is 1. The van der Waals surface area contributed by atoms with Gasteiger partial charge in [0.05, 0.1) is 35.9 Å². The maximum atomic E-state index is 12.2. The minimum atomic E-state index is -0.532. The second kappa shape index (κ2) is 5.75. The standard InChI is InChI=1S/C17H21BN2O4/c1-16(2)17(3,4)24-18(23-16)12-6-7-14(20-9-8-19-11-20)13(10-12)15(21)22-5/h6-11H,1-5H3. The molecule has 2 aromatic rings. The molecule has 0 unspecified atom stereocenters. The molecule has 126 valence electrons. The topological polar surface area (TPSA) is 62.6 Å². The lowest BCUT2D eigenvalue weighted by atomic mass is 9.78. The van der Waals surface area contributed by atoms with Crippen LogP contribution in [0.5, 0.6) is 0 Å². The molecule has 1 fully saturated rings. The molecule has 1 aromatic carbocycles. The van der Waals surface area contributed by atoms with Crippen LogP contribution in [0.3, 0.4) is 0 Å². The van der Waals surface area contributed by atoms with Gasteiger partial charge in [-0.25, -0.2) is 9.78 Å². The third-order valence-electron chi connectivity index (χ3n) is 4.73. The Hall–Kier alpha value is -2.12. The van der Waals surface area contributed by atoms with E-state index in [1.807, 2.05) is 39.8 Å². The molecule has 2 heterocycles. The number of ether oxygens (including phenoxy) is 1. The van der Waals surface area contributed by atoms with Gasteiger partial charge < -0.3 is 18.6 Å². The molecule has 1 aliphatic heterocycles. The average molecular weight is 328 g/mol. The van der Waals surface area contributed by atoms with E-state index in [2.05, 4.69) is 4.98 Å². The summed E-state index contributed by atoms with van der Waals surface area (Å²) in [6, 6.07) is 5.49. The fourth-order valence-electron chi connectivity index (χ4n) is 2.58. The van der Waals surface area contributed by atoms with Gasteiger partial charge in [0, 0.05) is 12.4 Å². The lowest BCUT2D eigenvalue weighted by Gasteiger charge is -2.32. The summed E-state index contributed by atoms with van der Waals surface area (Å²) in [5.74, 6) is -0.419. The highest BCUT2D eigenvalue weighted by Gasteiger charge is 2.51. The van der Waals surface area contributed by atoms with Crippen molar-refractivity contribution in [1.29, 1.82) is 0 Å². The number of nitrogens with zero attached hydrogens (tertiary/aromatic N) is 2. The van der Waals surface area contributed by atoms with Crippen molar-refractivity contribution in [3.63, 3.8) is 0 Å². The van der Waals surface area contributed by atoms with Crippen LogP contribution in [0.2, 0.25) is 0 Å².